The molecule has 157 valence electrons. The van der Waals surface area contributed by atoms with Crippen LogP contribution in [0, 0.1) is 26.7 Å². The Morgan fingerprint density at radius 3 is 2.29 bits per heavy atom. The predicted molar refractivity (Wildman–Crippen MR) is 130 cm³/mol. The van der Waals surface area contributed by atoms with Crippen molar-refractivity contribution in [2.75, 3.05) is 0 Å². The molecule has 4 rings (SSSR count). The molecule has 0 spiro atoms. The van der Waals surface area contributed by atoms with Crippen LogP contribution in [0.5, 0.6) is 5.75 Å². The van der Waals surface area contributed by atoms with E-state index in [9.17, 15) is 9.90 Å². The molecule has 2 aromatic heterocycles. The number of aromatic hydroxyl groups is 1. The summed E-state index contributed by atoms with van der Waals surface area (Å²) in [5.74, 6) is 2.58. The van der Waals surface area contributed by atoms with Crippen molar-refractivity contribution in [3.8, 4) is 39.7 Å². The molecule has 2 heterocycles. The molecule has 0 saturated carbocycles. The molecule has 31 heavy (non-hydrogen) atoms. The monoisotopic (exact) mass is 505 g/mol. The minimum Gasteiger partial charge on any atom is -0.506 e. The summed E-state index contributed by atoms with van der Waals surface area (Å²) in [6, 6.07) is 19.4. The van der Waals surface area contributed by atoms with Crippen molar-refractivity contribution in [1.29, 1.82) is 0 Å². The molecule has 3 nitrogen and oxygen atoms in total. The molecule has 0 atom stereocenters. The van der Waals surface area contributed by atoms with E-state index in [1.807, 2.05) is 81.4 Å². The fourth-order valence-electron chi connectivity index (χ4n) is 3.30. The van der Waals surface area contributed by atoms with Gasteiger partial charge in [-0.1, -0.05) is 74.4 Å². The fourth-order valence-corrected chi connectivity index (χ4v) is 4.42. The molecule has 0 saturated heterocycles. The Bertz CT molecular complexity index is 1250. The van der Waals surface area contributed by atoms with Crippen LogP contribution in [0.2, 0.25) is 0 Å². The van der Waals surface area contributed by atoms with Gasteiger partial charge in [-0.05, 0) is 29.7 Å². The van der Waals surface area contributed by atoms with Gasteiger partial charge >= 0.3 is 0 Å². The van der Waals surface area contributed by atoms with Gasteiger partial charge in [-0.15, -0.1) is 17.8 Å². The molecule has 0 bridgehead atoms. The third-order valence-electron chi connectivity index (χ3n) is 4.64. The van der Waals surface area contributed by atoms with E-state index >= 15 is 0 Å². The second kappa shape index (κ2) is 12.0. The third kappa shape index (κ3) is 5.18. The van der Waals surface area contributed by atoms with Crippen molar-refractivity contribution >= 4 is 21.6 Å². The van der Waals surface area contributed by atoms with Crippen molar-refractivity contribution < 1.29 is 37.8 Å². The van der Waals surface area contributed by atoms with Gasteiger partial charge in [0.1, 0.15) is 5.75 Å². The third-order valence-corrected chi connectivity index (χ3v) is 5.82. The number of hydrogen-bond acceptors (Lipinski definition) is 3. The topological polar surface area (TPSA) is 42.2 Å². The van der Waals surface area contributed by atoms with Crippen LogP contribution in [0.1, 0.15) is 19.4 Å². The molecule has 2 aromatic carbocycles. The SMILES string of the molecule is C#CCn1c(=O)c(-c2ccccc2C)c(O)c2sc(-c3ccccc3)cc21.CC.[CH3-].[Y]. The van der Waals surface area contributed by atoms with E-state index in [1.54, 1.807) is 4.57 Å². The van der Waals surface area contributed by atoms with Crippen LogP contribution in [0.4, 0.5) is 0 Å². The van der Waals surface area contributed by atoms with E-state index in [2.05, 4.69) is 5.92 Å². The zero-order chi connectivity index (χ0) is 21.0. The summed E-state index contributed by atoms with van der Waals surface area (Å²) in [5, 5.41) is 11.0. The van der Waals surface area contributed by atoms with E-state index in [-0.39, 0.29) is 58.0 Å². The standard InChI is InChI=1S/C23H17NO2S.C2H6.CH3.Y/c1-3-13-24-18-14-19(16-10-5-4-6-11-16)27-22(18)21(25)20(23(24)26)17-12-8-7-9-15(17)2;1-2;;/h1,4-12,14,25H,13H2,2H3;1-2H3;1H3;/q;;-1;. The molecule has 5 heteroatoms. The van der Waals surface area contributed by atoms with Crippen molar-refractivity contribution in [3.63, 3.8) is 0 Å². The Morgan fingerprint density at radius 1 is 1.06 bits per heavy atom. The van der Waals surface area contributed by atoms with Gasteiger partial charge < -0.3 is 12.5 Å². The number of pyridine rings is 1. The Balaban J connectivity index is 0.00000117. The number of fused-ring (bicyclic) bond motifs is 1. The molecule has 0 fully saturated rings. The first-order chi connectivity index (χ1) is 14.1. The van der Waals surface area contributed by atoms with E-state index in [4.69, 9.17) is 6.42 Å². The second-order valence-corrected chi connectivity index (χ2v) is 7.38. The van der Waals surface area contributed by atoms with Gasteiger partial charge in [0.15, 0.2) is 0 Å². The normalized spacial score (nSPS) is 9.61. The number of aryl methyl sites for hydroxylation is 1. The van der Waals surface area contributed by atoms with E-state index in [0.29, 0.717) is 15.8 Å². The molecular formula is C26H26NO2SY-. The second-order valence-electron chi connectivity index (χ2n) is 6.32. The number of terminal acetylenes is 1. The average molecular weight is 505 g/mol. The number of nitrogens with zero attached hydrogens (tertiary/aromatic N) is 1. The quantitative estimate of drug-likeness (QED) is 0.255. The summed E-state index contributed by atoms with van der Waals surface area (Å²) in [6.45, 7) is 6.08. The maximum absolute atomic E-state index is 13.2. The number of aromatic nitrogens is 1. The zero-order valence-corrected chi connectivity index (χ0v) is 22.0. The zero-order valence-electron chi connectivity index (χ0n) is 18.3. The van der Waals surface area contributed by atoms with Gasteiger partial charge in [0.05, 0.1) is 22.3 Å². The fraction of sp³-hybridized carbons (Fsp3) is 0.154. The Morgan fingerprint density at radius 2 is 1.68 bits per heavy atom. The largest absolute Gasteiger partial charge is 0.506 e. The summed E-state index contributed by atoms with van der Waals surface area (Å²) < 4.78 is 2.24. The first kappa shape index (κ1) is 26.8. The number of rotatable bonds is 3. The van der Waals surface area contributed by atoms with Gasteiger partial charge in [-0.3, -0.25) is 9.36 Å². The van der Waals surface area contributed by atoms with Gasteiger partial charge in [-0.25, -0.2) is 0 Å². The van der Waals surface area contributed by atoms with E-state index in [1.165, 1.54) is 11.3 Å². The van der Waals surface area contributed by atoms with Gasteiger partial charge in [0.2, 0.25) is 0 Å². The van der Waals surface area contributed by atoms with Crippen molar-refractivity contribution in [2.45, 2.75) is 27.3 Å². The first-order valence-corrected chi connectivity index (χ1v) is 10.4. The number of benzene rings is 2. The molecule has 0 unspecified atom stereocenters. The molecule has 0 amide bonds. The van der Waals surface area contributed by atoms with Crippen LogP contribution in [0.25, 0.3) is 31.8 Å². The van der Waals surface area contributed by atoms with E-state index < -0.39 is 0 Å². The molecular weight excluding hydrogens is 479 g/mol. The molecule has 0 aliphatic rings. The smallest absolute Gasteiger partial charge is 0.263 e. The predicted octanol–water partition coefficient (Wildman–Crippen LogP) is 6.52. The Kier molecular flexibility index (Phi) is 10.4. The molecule has 4 aromatic rings. The summed E-state index contributed by atoms with van der Waals surface area (Å²) in [7, 11) is 0. The first-order valence-electron chi connectivity index (χ1n) is 9.56. The van der Waals surface area contributed by atoms with Crippen LogP contribution >= 0.6 is 11.3 Å². The molecule has 0 aliphatic heterocycles. The average Bonchev–Trinajstić information content (AvgIpc) is 3.20. The Hall–Kier alpha value is -2.19. The summed E-state index contributed by atoms with van der Waals surface area (Å²) in [6.07, 6.45) is 5.53. The summed E-state index contributed by atoms with van der Waals surface area (Å²) >= 11 is 1.46. The van der Waals surface area contributed by atoms with Crippen LogP contribution in [-0.2, 0) is 39.3 Å². The van der Waals surface area contributed by atoms with Gasteiger partial charge in [-0.2, -0.15) is 0 Å². The number of hydrogen-bond donors (Lipinski definition) is 1. The van der Waals surface area contributed by atoms with Gasteiger partial charge in [0, 0.05) is 37.6 Å². The van der Waals surface area contributed by atoms with Crippen molar-refractivity contribution in [3.05, 3.63) is 84.0 Å². The maximum Gasteiger partial charge on any atom is 0.263 e. The molecule has 1 radical (unpaired) electrons. The van der Waals surface area contributed by atoms with Crippen LogP contribution in [-0.4, -0.2) is 9.67 Å². The maximum atomic E-state index is 13.2. The van der Waals surface area contributed by atoms with E-state index in [0.717, 1.165) is 21.6 Å². The number of thiophene rings is 1. The van der Waals surface area contributed by atoms with Crippen LogP contribution in [0.3, 0.4) is 0 Å². The summed E-state index contributed by atoms with van der Waals surface area (Å²) in [5.41, 5.74) is 3.38. The molecule has 1 N–H and O–H groups in total. The van der Waals surface area contributed by atoms with Crippen molar-refractivity contribution in [2.24, 2.45) is 0 Å². The van der Waals surface area contributed by atoms with Crippen LogP contribution in [0.15, 0.2) is 65.5 Å². The minimum absolute atomic E-state index is 0. The van der Waals surface area contributed by atoms with Gasteiger partial charge in [0.25, 0.3) is 5.56 Å². The van der Waals surface area contributed by atoms with Crippen molar-refractivity contribution in [1.82, 2.24) is 4.57 Å². The van der Waals surface area contributed by atoms with Crippen LogP contribution < -0.4 is 5.56 Å². The summed E-state index contributed by atoms with van der Waals surface area (Å²) in [4.78, 5) is 14.2. The minimum atomic E-state index is -0.273. The molecule has 0 aliphatic carbocycles. The Labute approximate surface area is 213 Å².